The molecular formula is C17H19F2N. The molecule has 0 spiro atoms. The molecule has 3 heteroatoms. The fourth-order valence-electron chi connectivity index (χ4n) is 2.37. The Balaban J connectivity index is 2.28. The Hall–Kier alpha value is -1.90. The number of anilines is 1. The van der Waals surface area contributed by atoms with Gasteiger partial charge in [0.15, 0.2) is 0 Å². The van der Waals surface area contributed by atoms with Crippen LogP contribution in [0, 0.1) is 32.4 Å². The summed E-state index contributed by atoms with van der Waals surface area (Å²) < 4.78 is 26.6. The van der Waals surface area contributed by atoms with Crippen LogP contribution in [0.4, 0.5) is 14.5 Å². The molecule has 0 saturated heterocycles. The molecule has 106 valence electrons. The molecule has 0 bridgehead atoms. The van der Waals surface area contributed by atoms with Crippen LogP contribution in [-0.2, 0) is 0 Å². The molecule has 2 aromatic carbocycles. The molecular weight excluding hydrogens is 256 g/mol. The molecule has 0 heterocycles. The van der Waals surface area contributed by atoms with Gasteiger partial charge >= 0.3 is 0 Å². The van der Waals surface area contributed by atoms with Gasteiger partial charge in [-0.15, -0.1) is 0 Å². The van der Waals surface area contributed by atoms with Gasteiger partial charge < -0.3 is 5.32 Å². The van der Waals surface area contributed by atoms with Crippen LogP contribution in [0.25, 0.3) is 0 Å². The fraction of sp³-hybridized carbons (Fsp3) is 0.294. The Morgan fingerprint density at radius 1 is 0.900 bits per heavy atom. The largest absolute Gasteiger partial charge is 0.376 e. The first-order valence-corrected chi connectivity index (χ1v) is 6.68. The van der Waals surface area contributed by atoms with Crippen molar-refractivity contribution in [2.45, 2.75) is 33.7 Å². The van der Waals surface area contributed by atoms with E-state index >= 15 is 0 Å². The van der Waals surface area contributed by atoms with E-state index in [1.807, 2.05) is 13.8 Å². The Kier molecular flexibility index (Phi) is 4.07. The van der Waals surface area contributed by atoms with Crippen molar-refractivity contribution in [3.05, 3.63) is 64.2 Å². The van der Waals surface area contributed by atoms with Crippen molar-refractivity contribution in [3.8, 4) is 0 Å². The van der Waals surface area contributed by atoms with E-state index in [0.29, 0.717) is 5.69 Å². The van der Waals surface area contributed by atoms with Gasteiger partial charge in [-0.3, -0.25) is 0 Å². The van der Waals surface area contributed by atoms with Crippen LogP contribution in [0.5, 0.6) is 0 Å². The van der Waals surface area contributed by atoms with E-state index in [4.69, 9.17) is 0 Å². The number of hydrogen-bond acceptors (Lipinski definition) is 1. The van der Waals surface area contributed by atoms with E-state index < -0.39 is 11.6 Å². The van der Waals surface area contributed by atoms with E-state index in [2.05, 4.69) is 31.3 Å². The van der Waals surface area contributed by atoms with Crippen molar-refractivity contribution in [2.24, 2.45) is 0 Å². The quantitative estimate of drug-likeness (QED) is 0.825. The molecule has 2 aromatic rings. The summed E-state index contributed by atoms with van der Waals surface area (Å²) in [5.74, 6) is -1.14. The van der Waals surface area contributed by atoms with Gasteiger partial charge in [-0.25, -0.2) is 8.78 Å². The Morgan fingerprint density at radius 3 is 2.20 bits per heavy atom. The zero-order valence-corrected chi connectivity index (χ0v) is 12.2. The van der Waals surface area contributed by atoms with Crippen molar-refractivity contribution in [2.75, 3.05) is 5.32 Å². The molecule has 20 heavy (non-hydrogen) atoms. The van der Waals surface area contributed by atoms with Gasteiger partial charge in [0, 0.05) is 12.1 Å². The topological polar surface area (TPSA) is 12.0 Å². The average Bonchev–Trinajstić information content (AvgIpc) is 2.37. The van der Waals surface area contributed by atoms with Crippen LogP contribution >= 0.6 is 0 Å². The van der Waals surface area contributed by atoms with Crippen molar-refractivity contribution >= 4 is 5.69 Å². The Morgan fingerprint density at radius 2 is 1.55 bits per heavy atom. The highest BCUT2D eigenvalue weighted by atomic mass is 19.1. The molecule has 0 radical (unpaired) electrons. The Labute approximate surface area is 118 Å². The number of halogens is 2. The van der Waals surface area contributed by atoms with E-state index in [1.165, 1.54) is 23.3 Å². The highest BCUT2D eigenvalue weighted by Gasteiger charge is 2.12. The smallest absolute Gasteiger partial charge is 0.149 e. The second-order valence-electron chi connectivity index (χ2n) is 5.28. The number of aryl methyl sites for hydroxylation is 3. The van der Waals surface area contributed by atoms with Gasteiger partial charge in [-0.2, -0.15) is 0 Å². The van der Waals surface area contributed by atoms with Gasteiger partial charge in [0.25, 0.3) is 0 Å². The third-order valence-electron chi connectivity index (χ3n) is 3.65. The lowest BCUT2D eigenvalue weighted by atomic mass is 9.96. The minimum atomic E-state index is -0.571. The maximum absolute atomic E-state index is 13.7. The molecule has 0 aliphatic rings. The maximum atomic E-state index is 13.7. The van der Waals surface area contributed by atoms with E-state index in [1.54, 1.807) is 0 Å². The van der Waals surface area contributed by atoms with Crippen LogP contribution in [0.2, 0.25) is 0 Å². The summed E-state index contributed by atoms with van der Waals surface area (Å²) in [5.41, 5.74) is 5.05. The molecule has 0 aliphatic carbocycles. The number of hydrogen-bond donors (Lipinski definition) is 1. The summed E-state index contributed by atoms with van der Waals surface area (Å²) in [4.78, 5) is 0. The monoisotopic (exact) mass is 275 g/mol. The summed E-state index contributed by atoms with van der Waals surface area (Å²) in [6.07, 6.45) is 0. The predicted molar refractivity (Wildman–Crippen MR) is 79.0 cm³/mol. The van der Waals surface area contributed by atoms with Gasteiger partial charge in [0.1, 0.15) is 11.6 Å². The van der Waals surface area contributed by atoms with E-state index in [-0.39, 0.29) is 6.04 Å². The summed E-state index contributed by atoms with van der Waals surface area (Å²) in [7, 11) is 0. The van der Waals surface area contributed by atoms with Gasteiger partial charge in [0.2, 0.25) is 0 Å². The number of rotatable bonds is 3. The SMILES string of the molecule is Cc1cc(C)c(C(C)Nc2ccc(F)cc2F)cc1C. The van der Waals surface area contributed by atoms with Crippen molar-refractivity contribution in [3.63, 3.8) is 0 Å². The second kappa shape index (κ2) is 5.61. The van der Waals surface area contributed by atoms with Crippen LogP contribution in [-0.4, -0.2) is 0 Å². The van der Waals surface area contributed by atoms with Crippen molar-refractivity contribution in [1.29, 1.82) is 0 Å². The molecule has 1 nitrogen and oxygen atoms in total. The summed E-state index contributed by atoms with van der Waals surface area (Å²) in [6, 6.07) is 7.77. The van der Waals surface area contributed by atoms with Gasteiger partial charge in [0.05, 0.1) is 5.69 Å². The zero-order valence-electron chi connectivity index (χ0n) is 12.2. The summed E-state index contributed by atoms with van der Waals surface area (Å²) in [6.45, 7) is 8.15. The van der Waals surface area contributed by atoms with Crippen LogP contribution in [0.15, 0.2) is 30.3 Å². The molecule has 0 saturated carbocycles. The highest BCUT2D eigenvalue weighted by Crippen LogP contribution is 2.26. The fourth-order valence-corrected chi connectivity index (χ4v) is 2.37. The molecule has 0 fully saturated rings. The molecule has 2 rings (SSSR count). The third-order valence-corrected chi connectivity index (χ3v) is 3.65. The van der Waals surface area contributed by atoms with Gasteiger partial charge in [-0.05, 0) is 62.1 Å². The molecule has 0 aliphatic heterocycles. The maximum Gasteiger partial charge on any atom is 0.149 e. The first-order valence-electron chi connectivity index (χ1n) is 6.68. The lowest BCUT2D eigenvalue weighted by Gasteiger charge is -2.20. The van der Waals surface area contributed by atoms with Crippen molar-refractivity contribution in [1.82, 2.24) is 0 Å². The van der Waals surface area contributed by atoms with Crippen LogP contribution < -0.4 is 5.32 Å². The zero-order chi connectivity index (χ0) is 14.9. The summed E-state index contributed by atoms with van der Waals surface area (Å²) in [5, 5.41) is 3.10. The summed E-state index contributed by atoms with van der Waals surface area (Å²) >= 11 is 0. The number of nitrogens with one attached hydrogen (secondary N) is 1. The minimum absolute atomic E-state index is 0.0470. The molecule has 1 atom stereocenters. The minimum Gasteiger partial charge on any atom is -0.376 e. The van der Waals surface area contributed by atoms with Crippen LogP contribution in [0.3, 0.4) is 0 Å². The standard InChI is InChI=1S/C17H19F2N/c1-10-7-12(3)15(8-11(10)2)13(4)20-17-6-5-14(18)9-16(17)19/h5-9,13,20H,1-4H3. The lowest BCUT2D eigenvalue weighted by molar-refractivity contribution is 0.583. The van der Waals surface area contributed by atoms with Crippen LogP contribution in [0.1, 0.15) is 35.2 Å². The predicted octanol–water partition coefficient (Wildman–Crippen LogP) is 5.06. The second-order valence-corrected chi connectivity index (χ2v) is 5.28. The molecule has 0 amide bonds. The average molecular weight is 275 g/mol. The molecule has 0 aromatic heterocycles. The highest BCUT2D eigenvalue weighted by molar-refractivity contribution is 5.48. The van der Waals surface area contributed by atoms with Gasteiger partial charge in [-0.1, -0.05) is 12.1 Å². The molecule has 1 unspecified atom stereocenters. The number of benzene rings is 2. The van der Waals surface area contributed by atoms with E-state index in [9.17, 15) is 8.78 Å². The first kappa shape index (κ1) is 14.5. The van der Waals surface area contributed by atoms with E-state index in [0.717, 1.165) is 17.2 Å². The first-order chi connectivity index (χ1) is 9.38. The normalized spacial score (nSPS) is 12.3. The van der Waals surface area contributed by atoms with Crippen molar-refractivity contribution < 1.29 is 8.78 Å². The Bertz CT molecular complexity index is 635. The molecule has 1 N–H and O–H groups in total. The lowest BCUT2D eigenvalue weighted by Crippen LogP contribution is -2.10. The third kappa shape index (κ3) is 2.98.